The van der Waals surface area contributed by atoms with E-state index in [-0.39, 0.29) is 18.0 Å². The summed E-state index contributed by atoms with van der Waals surface area (Å²) in [4.78, 5) is 0. The highest BCUT2D eigenvalue weighted by Gasteiger charge is 2.35. The van der Waals surface area contributed by atoms with Crippen molar-refractivity contribution in [3.63, 3.8) is 0 Å². The number of hydrogen-bond acceptors (Lipinski definition) is 2. The Labute approximate surface area is 112 Å². The van der Waals surface area contributed by atoms with Gasteiger partial charge in [0.25, 0.3) is 0 Å². The SMILES string of the molecule is Cc1ccc2c(c1)[C@@H](N(N=C(N)N)C(=N)N)[C@H](C)C2. The van der Waals surface area contributed by atoms with E-state index in [1.807, 2.05) is 6.92 Å². The molecule has 102 valence electrons. The van der Waals surface area contributed by atoms with Gasteiger partial charge < -0.3 is 17.2 Å². The smallest absolute Gasteiger partial charge is 0.209 e. The zero-order chi connectivity index (χ0) is 14.2. The first-order chi connectivity index (χ1) is 8.90. The zero-order valence-corrected chi connectivity index (χ0v) is 11.2. The van der Waals surface area contributed by atoms with Gasteiger partial charge in [-0.15, -0.1) is 5.10 Å². The number of nitrogens with zero attached hydrogens (tertiary/aromatic N) is 2. The van der Waals surface area contributed by atoms with E-state index in [0.29, 0.717) is 5.92 Å². The second-order valence-corrected chi connectivity index (χ2v) is 5.08. The maximum Gasteiger partial charge on any atom is 0.209 e. The highest BCUT2D eigenvalue weighted by molar-refractivity contribution is 5.80. The monoisotopic (exact) mass is 260 g/mol. The molecule has 0 bridgehead atoms. The van der Waals surface area contributed by atoms with Crippen LogP contribution in [0.3, 0.4) is 0 Å². The van der Waals surface area contributed by atoms with E-state index in [2.05, 4.69) is 30.2 Å². The molecular formula is C13H20N6. The number of nitrogens with one attached hydrogen (secondary N) is 1. The topological polar surface area (TPSA) is 118 Å². The van der Waals surface area contributed by atoms with Crippen LogP contribution in [0.4, 0.5) is 0 Å². The van der Waals surface area contributed by atoms with Crippen molar-refractivity contribution in [2.45, 2.75) is 26.3 Å². The zero-order valence-electron chi connectivity index (χ0n) is 11.2. The van der Waals surface area contributed by atoms with Crippen LogP contribution >= 0.6 is 0 Å². The van der Waals surface area contributed by atoms with Crippen LogP contribution in [-0.4, -0.2) is 16.9 Å². The van der Waals surface area contributed by atoms with Crippen LogP contribution < -0.4 is 17.2 Å². The minimum atomic E-state index is -0.153. The van der Waals surface area contributed by atoms with Gasteiger partial charge in [-0.05, 0) is 30.4 Å². The number of aryl methyl sites for hydroxylation is 1. The molecule has 7 N–H and O–H groups in total. The molecule has 1 aliphatic carbocycles. The van der Waals surface area contributed by atoms with E-state index in [9.17, 15) is 0 Å². The lowest BCUT2D eigenvalue weighted by Crippen LogP contribution is -2.40. The molecule has 2 rings (SSSR count). The fraction of sp³-hybridized carbons (Fsp3) is 0.385. The van der Waals surface area contributed by atoms with Gasteiger partial charge in [-0.1, -0.05) is 30.7 Å². The normalized spacial score (nSPS) is 20.7. The van der Waals surface area contributed by atoms with E-state index in [1.54, 1.807) is 0 Å². The molecule has 6 heteroatoms. The molecule has 0 heterocycles. The molecule has 0 spiro atoms. The summed E-state index contributed by atoms with van der Waals surface area (Å²) in [5, 5.41) is 13.1. The Kier molecular flexibility index (Phi) is 3.33. The number of nitrogens with two attached hydrogens (primary N) is 3. The Morgan fingerprint density at radius 1 is 1.37 bits per heavy atom. The third-order valence-corrected chi connectivity index (χ3v) is 3.43. The number of fused-ring (bicyclic) bond motifs is 1. The van der Waals surface area contributed by atoms with Crippen molar-refractivity contribution in [1.82, 2.24) is 5.01 Å². The van der Waals surface area contributed by atoms with E-state index < -0.39 is 0 Å². The van der Waals surface area contributed by atoms with Gasteiger partial charge in [0.2, 0.25) is 11.9 Å². The first kappa shape index (κ1) is 13.2. The molecule has 0 amide bonds. The van der Waals surface area contributed by atoms with Crippen molar-refractivity contribution >= 4 is 11.9 Å². The third kappa shape index (κ3) is 2.47. The Bertz CT molecular complexity index is 532. The van der Waals surface area contributed by atoms with E-state index in [1.165, 1.54) is 16.1 Å². The Hall–Kier alpha value is -2.24. The quantitative estimate of drug-likeness (QED) is 0.354. The summed E-state index contributed by atoms with van der Waals surface area (Å²) < 4.78 is 0. The van der Waals surface area contributed by atoms with E-state index in [0.717, 1.165) is 12.0 Å². The average Bonchev–Trinajstić information content (AvgIpc) is 2.61. The van der Waals surface area contributed by atoms with E-state index >= 15 is 0 Å². The number of benzene rings is 1. The molecule has 0 radical (unpaired) electrons. The standard InChI is InChI=1S/C13H20N6/c1-7-3-4-9-6-8(2)11(10(9)5-7)19(13(16)17)18-12(14)15/h3-5,8,11H,6H2,1-2H3,(H3,16,17)(H4,14,15,18)/t8-,11+/m1/s1. The number of rotatable bonds is 2. The minimum absolute atomic E-state index is 0.0884. The van der Waals surface area contributed by atoms with Crippen LogP contribution in [0.1, 0.15) is 29.7 Å². The summed E-state index contributed by atoms with van der Waals surface area (Å²) in [7, 11) is 0. The summed E-state index contributed by atoms with van der Waals surface area (Å²) in [6.45, 7) is 4.15. The predicted octanol–water partition coefficient (Wildman–Crippen LogP) is 0.612. The van der Waals surface area contributed by atoms with Gasteiger partial charge in [-0.3, -0.25) is 5.41 Å². The summed E-state index contributed by atoms with van der Waals surface area (Å²) in [6.07, 6.45) is 0.935. The van der Waals surface area contributed by atoms with Crippen LogP contribution in [0.5, 0.6) is 0 Å². The van der Waals surface area contributed by atoms with Crippen LogP contribution in [-0.2, 0) is 6.42 Å². The second kappa shape index (κ2) is 4.79. The van der Waals surface area contributed by atoms with Gasteiger partial charge in [0, 0.05) is 0 Å². The van der Waals surface area contributed by atoms with Gasteiger partial charge in [0.1, 0.15) is 0 Å². The fourth-order valence-corrected chi connectivity index (χ4v) is 2.70. The molecule has 1 aromatic rings. The summed E-state index contributed by atoms with van der Waals surface area (Å²) in [5.41, 5.74) is 20.1. The molecule has 0 unspecified atom stereocenters. The third-order valence-electron chi connectivity index (χ3n) is 3.43. The lowest BCUT2D eigenvalue weighted by molar-refractivity contribution is 0.262. The van der Waals surface area contributed by atoms with Gasteiger partial charge in [-0.2, -0.15) is 0 Å². The van der Waals surface area contributed by atoms with Gasteiger partial charge in [0.15, 0.2) is 0 Å². The van der Waals surface area contributed by atoms with Crippen LogP contribution in [0, 0.1) is 18.3 Å². The highest BCUT2D eigenvalue weighted by Crippen LogP contribution is 2.40. The molecule has 19 heavy (non-hydrogen) atoms. The van der Waals surface area contributed by atoms with Gasteiger partial charge >= 0.3 is 0 Å². The largest absolute Gasteiger partial charge is 0.369 e. The molecule has 6 nitrogen and oxygen atoms in total. The Morgan fingerprint density at radius 3 is 2.63 bits per heavy atom. The van der Waals surface area contributed by atoms with Crippen molar-refractivity contribution in [2.75, 3.05) is 0 Å². The Balaban J connectivity index is 2.47. The van der Waals surface area contributed by atoms with Crippen molar-refractivity contribution in [1.29, 1.82) is 5.41 Å². The number of hydrogen-bond donors (Lipinski definition) is 4. The molecule has 0 aliphatic heterocycles. The molecule has 0 saturated heterocycles. The first-order valence-corrected chi connectivity index (χ1v) is 6.22. The predicted molar refractivity (Wildman–Crippen MR) is 76.4 cm³/mol. The van der Waals surface area contributed by atoms with Crippen LogP contribution in [0.2, 0.25) is 0 Å². The molecule has 1 aliphatic rings. The highest BCUT2D eigenvalue weighted by atomic mass is 15.5. The van der Waals surface area contributed by atoms with Crippen molar-refractivity contribution < 1.29 is 0 Å². The van der Waals surface area contributed by atoms with Crippen LogP contribution in [0.15, 0.2) is 23.3 Å². The summed E-state index contributed by atoms with van der Waals surface area (Å²) in [6, 6.07) is 6.23. The molecular weight excluding hydrogens is 240 g/mol. The average molecular weight is 260 g/mol. The van der Waals surface area contributed by atoms with Crippen molar-refractivity contribution in [3.8, 4) is 0 Å². The van der Waals surface area contributed by atoms with Crippen molar-refractivity contribution in [3.05, 3.63) is 34.9 Å². The maximum absolute atomic E-state index is 7.68. The first-order valence-electron chi connectivity index (χ1n) is 6.22. The lowest BCUT2D eigenvalue weighted by Gasteiger charge is -2.28. The second-order valence-electron chi connectivity index (χ2n) is 5.08. The molecule has 0 fully saturated rings. The summed E-state index contributed by atoms with van der Waals surface area (Å²) >= 11 is 0. The number of hydrazone groups is 1. The molecule has 2 atom stereocenters. The summed E-state index contributed by atoms with van der Waals surface area (Å²) in [5.74, 6) is 0.0481. The Morgan fingerprint density at radius 2 is 2.05 bits per heavy atom. The van der Waals surface area contributed by atoms with Gasteiger partial charge in [0.05, 0.1) is 6.04 Å². The van der Waals surface area contributed by atoms with Gasteiger partial charge in [-0.25, -0.2) is 5.01 Å². The lowest BCUT2D eigenvalue weighted by atomic mass is 10.0. The number of guanidine groups is 2. The molecule has 0 aromatic heterocycles. The van der Waals surface area contributed by atoms with Crippen LogP contribution in [0.25, 0.3) is 0 Å². The molecule has 0 saturated carbocycles. The van der Waals surface area contributed by atoms with E-state index in [4.69, 9.17) is 22.6 Å². The maximum atomic E-state index is 7.68. The minimum Gasteiger partial charge on any atom is -0.369 e. The van der Waals surface area contributed by atoms with Crippen molar-refractivity contribution in [2.24, 2.45) is 28.2 Å². The molecule has 1 aromatic carbocycles. The fourth-order valence-electron chi connectivity index (χ4n) is 2.70.